The maximum Gasteiger partial charge on any atom is 0.296 e. The number of imidazole rings is 1. The summed E-state index contributed by atoms with van der Waals surface area (Å²) < 4.78 is 31.3. The molecular weight excluding hydrogens is 268 g/mol. The van der Waals surface area contributed by atoms with Crippen LogP contribution in [-0.2, 0) is 10.0 Å². The number of para-hydroxylation sites is 2. The van der Waals surface area contributed by atoms with Crippen molar-refractivity contribution in [3.05, 3.63) is 36.1 Å². The van der Waals surface area contributed by atoms with E-state index in [0.29, 0.717) is 16.8 Å². The molecule has 8 heteroatoms. The summed E-state index contributed by atoms with van der Waals surface area (Å²) in [7, 11) is -3.80. The number of H-pyrrole nitrogens is 1. The van der Waals surface area contributed by atoms with Crippen molar-refractivity contribution in [2.75, 3.05) is 4.72 Å². The third-order valence-electron chi connectivity index (χ3n) is 2.49. The third-order valence-corrected chi connectivity index (χ3v) is 3.67. The molecule has 98 valence electrons. The first-order valence-corrected chi connectivity index (χ1v) is 6.94. The van der Waals surface area contributed by atoms with Gasteiger partial charge in [-0.1, -0.05) is 17.3 Å². The van der Waals surface area contributed by atoms with Crippen LogP contribution in [0.5, 0.6) is 0 Å². The lowest BCUT2D eigenvalue weighted by atomic mass is 10.3. The van der Waals surface area contributed by atoms with Crippen molar-refractivity contribution < 1.29 is 12.9 Å². The Hall–Kier alpha value is -2.35. The second-order valence-electron chi connectivity index (χ2n) is 3.99. The van der Waals surface area contributed by atoms with Crippen LogP contribution in [0.1, 0.15) is 5.76 Å². The largest absolute Gasteiger partial charge is 0.360 e. The summed E-state index contributed by atoms with van der Waals surface area (Å²) in [4.78, 5) is 6.77. The zero-order valence-corrected chi connectivity index (χ0v) is 10.7. The summed E-state index contributed by atoms with van der Waals surface area (Å²) in [6, 6.07) is 8.55. The van der Waals surface area contributed by atoms with Gasteiger partial charge < -0.3 is 9.51 Å². The third kappa shape index (κ3) is 2.17. The number of aromatic nitrogens is 3. The average Bonchev–Trinajstić information content (AvgIpc) is 2.95. The van der Waals surface area contributed by atoms with Crippen LogP contribution in [0.2, 0.25) is 0 Å². The minimum Gasteiger partial charge on any atom is -0.360 e. The lowest BCUT2D eigenvalue weighted by Crippen LogP contribution is -2.14. The minimum absolute atomic E-state index is 0.123. The number of aromatic amines is 1. The number of aryl methyl sites for hydroxylation is 1. The normalized spacial score (nSPS) is 11.8. The van der Waals surface area contributed by atoms with Crippen molar-refractivity contribution >= 4 is 26.9 Å². The molecule has 19 heavy (non-hydrogen) atoms. The quantitative estimate of drug-likeness (QED) is 0.758. The van der Waals surface area contributed by atoms with Crippen LogP contribution < -0.4 is 4.72 Å². The topological polar surface area (TPSA) is 101 Å². The molecule has 0 radical (unpaired) electrons. The van der Waals surface area contributed by atoms with Gasteiger partial charge in [0.15, 0.2) is 5.82 Å². The van der Waals surface area contributed by atoms with Gasteiger partial charge in [0.2, 0.25) is 5.16 Å². The molecule has 0 aliphatic carbocycles. The van der Waals surface area contributed by atoms with Gasteiger partial charge >= 0.3 is 0 Å². The van der Waals surface area contributed by atoms with Crippen molar-refractivity contribution in [3.63, 3.8) is 0 Å². The molecule has 0 saturated carbocycles. The first-order valence-electron chi connectivity index (χ1n) is 5.45. The predicted molar refractivity (Wildman–Crippen MR) is 68.1 cm³/mol. The number of hydrogen-bond acceptors (Lipinski definition) is 5. The summed E-state index contributed by atoms with van der Waals surface area (Å²) in [6.07, 6.45) is 0. The maximum atomic E-state index is 12.1. The van der Waals surface area contributed by atoms with Crippen LogP contribution in [0.4, 0.5) is 5.82 Å². The highest BCUT2D eigenvalue weighted by molar-refractivity contribution is 7.92. The molecule has 0 aliphatic heterocycles. The monoisotopic (exact) mass is 278 g/mol. The summed E-state index contributed by atoms with van der Waals surface area (Å²) in [5.41, 5.74) is 1.23. The van der Waals surface area contributed by atoms with E-state index in [0.717, 1.165) is 0 Å². The van der Waals surface area contributed by atoms with Gasteiger partial charge in [0.05, 0.1) is 11.0 Å². The molecule has 7 nitrogen and oxygen atoms in total. The molecule has 1 aromatic carbocycles. The zero-order valence-electron chi connectivity index (χ0n) is 9.91. The molecule has 0 fully saturated rings. The summed E-state index contributed by atoms with van der Waals surface area (Å²) in [6.45, 7) is 1.67. The molecule has 0 saturated heterocycles. The number of nitrogens with one attached hydrogen (secondary N) is 2. The molecule has 0 aliphatic rings. The Labute approximate surface area is 108 Å². The van der Waals surface area contributed by atoms with Crippen molar-refractivity contribution in [1.82, 2.24) is 15.1 Å². The van der Waals surface area contributed by atoms with Crippen LogP contribution in [0.3, 0.4) is 0 Å². The van der Waals surface area contributed by atoms with E-state index in [-0.39, 0.29) is 11.0 Å². The number of hydrogen-bond donors (Lipinski definition) is 2. The fourth-order valence-electron chi connectivity index (χ4n) is 1.66. The van der Waals surface area contributed by atoms with Gasteiger partial charge in [0.1, 0.15) is 5.76 Å². The number of anilines is 1. The Morgan fingerprint density at radius 3 is 2.79 bits per heavy atom. The summed E-state index contributed by atoms with van der Waals surface area (Å²) >= 11 is 0. The number of rotatable bonds is 3. The molecular formula is C11H10N4O3S. The summed E-state index contributed by atoms with van der Waals surface area (Å²) in [5.74, 6) is 0.639. The highest BCUT2D eigenvalue weighted by Gasteiger charge is 2.20. The van der Waals surface area contributed by atoms with Crippen molar-refractivity contribution in [2.24, 2.45) is 0 Å². The van der Waals surface area contributed by atoms with Gasteiger partial charge in [-0.15, -0.1) is 0 Å². The predicted octanol–water partition coefficient (Wildman–Crippen LogP) is 1.66. The Kier molecular flexibility index (Phi) is 2.53. The Morgan fingerprint density at radius 1 is 1.32 bits per heavy atom. The molecule has 0 amide bonds. The van der Waals surface area contributed by atoms with E-state index in [1.807, 2.05) is 0 Å². The van der Waals surface area contributed by atoms with E-state index in [2.05, 4.69) is 19.8 Å². The average molecular weight is 278 g/mol. The number of fused-ring (bicyclic) bond motifs is 1. The lowest BCUT2D eigenvalue weighted by Gasteiger charge is -1.99. The van der Waals surface area contributed by atoms with Crippen LogP contribution >= 0.6 is 0 Å². The molecule has 2 N–H and O–H groups in total. The number of benzene rings is 1. The van der Waals surface area contributed by atoms with Gasteiger partial charge in [0.25, 0.3) is 10.0 Å². The highest BCUT2D eigenvalue weighted by atomic mass is 32.2. The SMILES string of the molecule is Cc1cc(NS(=O)(=O)c2nc3ccccc3[nH]2)no1. The number of nitrogens with zero attached hydrogens (tertiary/aromatic N) is 2. The van der Waals surface area contributed by atoms with E-state index >= 15 is 0 Å². The van der Waals surface area contributed by atoms with Gasteiger partial charge in [-0.3, -0.25) is 4.72 Å². The molecule has 3 aromatic rings. The van der Waals surface area contributed by atoms with E-state index in [9.17, 15) is 8.42 Å². The zero-order chi connectivity index (χ0) is 13.5. The van der Waals surface area contributed by atoms with Crippen LogP contribution in [0, 0.1) is 6.92 Å². The molecule has 0 spiro atoms. The van der Waals surface area contributed by atoms with Gasteiger partial charge in [0, 0.05) is 6.07 Å². The second kappa shape index (κ2) is 4.09. The van der Waals surface area contributed by atoms with Gasteiger partial charge in [-0.2, -0.15) is 8.42 Å². The molecule has 0 atom stereocenters. The van der Waals surface area contributed by atoms with E-state index in [1.165, 1.54) is 6.07 Å². The minimum atomic E-state index is -3.80. The Balaban J connectivity index is 1.99. The fraction of sp³-hybridized carbons (Fsp3) is 0.0909. The molecule has 2 heterocycles. The van der Waals surface area contributed by atoms with Gasteiger partial charge in [-0.25, -0.2) is 4.98 Å². The standard InChI is InChI=1S/C11H10N4O3S/c1-7-6-10(14-18-7)15-19(16,17)11-12-8-4-2-3-5-9(8)13-11/h2-6H,1H3,(H,12,13)(H,14,15). The Bertz CT molecular complexity index is 801. The van der Waals surface area contributed by atoms with E-state index in [4.69, 9.17) is 4.52 Å². The van der Waals surface area contributed by atoms with Crippen LogP contribution in [0.15, 0.2) is 40.0 Å². The molecule has 3 rings (SSSR count). The van der Waals surface area contributed by atoms with Crippen LogP contribution in [0.25, 0.3) is 11.0 Å². The molecule has 0 bridgehead atoms. The second-order valence-corrected chi connectivity index (χ2v) is 5.59. The first kappa shape index (κ1) is 11.7. The number of sulfonamides is 1. The van der Waals surface area contributed by atoms with E-state index in [1.54, 1.807) is 31.2 Å². The summed E-state index contributed by atoms with van der Waals surface area (Å²) in [5, 5.41) is 3.42. The molecule has 2 aromatic heterocycles. The van der Waals surface area contributed by atoms with E-state index < -0.39 is 10.0 Å². The smallest absolute Gasteiger partial charge is 0.296 e. The van der Waals surface area contributed by atoms with Crippen molar-refractivity contribution in [3.8, 4) is 0 Å². The lowest BCUT2D eigenvalue weighted by molar-refractivity contribution is 0.400. The highest BCUT2D eigenvalue weighted by Crippen LogP contribution is 2.17. The molecule has 0 unspecified atom stereocenters. The van der Waals surface area contributed by atoms with Crippen molar-refractivity contribution in [1.29, 1.82) is 0 Å². The van der Waals surface area contributed by atoms with Gasteiger partial charge in [-0.05, 0) is 19.1 Å². The first-order chi connectivity index (χ1) is 9.04. The van der Waals surface area contributed by atoms with Crippen molar-refractivity contribution in [2.45, 2.75) is 12.1 Å². The fourth-order valence-corrected chi connectivity index (χ4v) is 2.59. The Morgan fingerprint density at radius 2 is 2.11 bits per heavy atom. The van der Waals surface area contributed by atoms with Crippen LogP contribution in [-0.4, -0.2) is 23.5 Å². The maximum absolute atomic E-state index is 12.1.